The van der Waals surface area contributed by atoms with Crippen molar-refractivity contribution >= 4 is 12.0 Å². The summed E-state index contributed by atoms with van der Waals surface area (Å²) >= 11 is 0. The topological polar surface area (TPSA) is 52.6 Å². The molecule has 162 valence electrons. The van der Waals surface area contributed by atoms with Gasteiger partial charge >= 0.3 is 6.18 Å². The molecule has 0 radical (unpaired) electrons. The number of anilines is 1. The number of alkyl halides is 3. The van der Waals surface area contributed by atoms with Gasteiger partial charge in [-0.05, 0) is 67.8 Å². The van der Waals surface area contributed by atoms with Crippen LogP contribution in [0.5, 0.6) is 5.75 Å². The minimum Gasteiger partial charge on any atom is -0.506 e. The van der Waals surface area contributed by atoms with Gasteiger partial charge in [0.05, 0.1) is 5.69 Å². The fourth-order valence-electron chi connectivity index (χ4n) is 5.72. The van der Waals surface area contributed by atoms with Crippen molar-refractivity contribution in [3.63, 3.8) is 0 Å². The molecule has 1 saturated heterocycles. The number of rotatable bonds is 3. The minimum absolute atomic E-state index is 0.334. The molecule has 29 heavy (non-hydrogen) atoms. The maximum Gasteiger partial charge on any atom is 0.446 e. The van der Waals surface area contributed by atoms with E-state index in [2.05, 4.69) is 36.3 Å². The van der Waals surface area contributed by atoms with Crippen LogP contribution in [0.4, 0.5) is 18.9 Å². The number of phenolic OH excluding ortho intramolecular Hbond substituents is 1. The highest BCUT2D eigenvalue weighted by Gasteiger charge is 2.51. The van der Waals surface area contributed by atoms with Crippen LogP contribution in [0.1, 0.15) is 56.6 Å². The summed E-state index contributed by atoms with van der Waals surface area (Å²) in [6, 6.07) is 5.06. The number of carbonyl (C=O) groups is 1. The highest BCUT2D eigenvalue weighted by Crippen LogP contribution is 2.55. The Kier molecular flexibility index (Phi) is 6.46. The molecule has 4 rings (SSSR count). The lowest BCUT2D eigenvalue weighted by Gasteiger charge is -2.56. The number of hydrogen-bond acceptors (Lipinski definition) is 4. The van der Waals surface area contributed by atoms with Crippen LogP contribution in [0.3, 0.4) is 0 Å². The van der Waals surface area contributed by atoms with E-state index >= 15 is 0 Å². The Balaban J connectivity index is 0.000000353. The Morgan fingerprint density at radius 2 is 2.03 bits per heavy atom. The summed E-state index contributed by atoms with van der Waals surface area (Å²) in [4.78, 5) is 10.9. The van der Waals surface area contributed by atoms with Crippen LogP contribution in [-0.4, -0.2) is 43.7 Å². The SMILES string of the molecule is CCCN(C)c1cc2c(cc1O)[C@]13CCCC[C@@H]1[C@H](C2)NCC3.O=CC(F)(F)F. The zero-order chi connectivity index (χ0) is 21.2. The highest BCUT2D eigenvalue weighted by atomic mass is 19.4. The molecule has 2 aliphatic carbocycles. The number of nitrogens with zero attached hydrogens (tertiary/aromatic N) is 1. The van der Waals surface area contributed by atoms with Crippen LogP contribution in [0, 0.1) is 5.92 Å². The first-order valence-corrected chi connectivity index (χ1v) is 10.6. The molecule has 1 heterocycles. The molecular weight excluding hydrogens is 381 g/mol. The maximum atomic E-state index is 10.7. The molecule has 1 saturated carbocycles. The maximum absolute atomic E-state index is 10.7. The third-order valence-electron chi connectivity index (χ3n) is 6.84. The molecule has 2 N–H and O–H groups in total. The van der Waals surface area contributed by atoms with E-state index < -0.39 is 12.5 Å². The third kappa shape index (κ3) is 4.39. The molecule has 2 fully saturated rings. The van der Waals surface area contributed by atoms with Gasteiger partial charge in [-0.15, -0.1) is 0 Å². The second-order valence-corrected chi connectivity index (χ2v) is 8.60. The Labute approximate surface area is 170 Å². The number of carbonyl (C=O) groups excluding carboxylic acids is 1. The van der Waals surface area contributed by atoms with Crippen molar-refractivity contribution in [1.29, 1.82) is 0 Å². The third-order valence-corrected chi connectivity index (χ3v) is 6.84. The van der Waals surface area contributed by atoms with E-state index in [0.29, 0.717) is 17.2 Å². The quantitative estimate of drug-likeness (QED) is 0.726. The fraction of sp³-hybridized carbons (Fsp3) is 0.682. The van der Waals surface area contributed by atoms with E-state index in [9.17, 15) is 18.3 Å². The molecule has 0 aromatic heterocycles. The van der Waals surface area contributed by atoms with E-state index in [4.69, 9.17) is 4.79 Å². The second-order valence-electron chi connectivity index (χ2n) is 8.60. The number of fused-ring (bicyclic) bond motifs is 1. The van der Waals surface area contributed by atoms with Gasteiger partial charge in [-0.3, -0.25) is 4.79 Å². The van der Waals surface area contributed by atoms with Crippen molar-refractivity contribution in [2.45, 2.75) is 69.5 Å². The van der Waals surface area contributed by atoms with E-state index in [1.165, 1.54) is 43.2 Å². The van der Waals surface area contributed by atoms with Gasteiger partial charge < -0.3 is 15.3 Å². The Bertz CT molecular complexity index is 734. The Morgan fingerprint density at radius 3 is 2.69 bits per heavy atom. The number of halogens is 3. The highest BCUT2D eigenvalue weighted by molar-refractivity contribution is 5.63. The first-order chi connectivity index (χ1) is 13.7. The molecule has 3 aliphatic rings. The molecule has 0 unspecified atom stereocenters. The summed E-state index contributed by atoms with van der Waals surface area (Å²) in [6.45, 7) is 4.31. The molecular formula is C22H31F3N2O2. The number of piperidine rings is 1. The number of aromatic hydroxyl groups is 1. The summed E-state index contributed by atoms with van der Waals surface area (Å²) in [5.74, 6) is 1.26. The summed E-state index contributed by atoms with van der Waals surface area (Å²) in [5, 5.41) is 14.5. The van der Waals surface area contributed by atoms with Gasteiger partial charge in [0.15, 0.2) is 0 Å². The minimum atomic E-state index is -4.64. The zero-order valence-electron chi connectivity index (χ0n) is 17.2. The van der Waals surface area contributed by atoms with Crippen LogP contribution in [0.25, 0.3) is 0 Å². The standard InChI is InChI=1S/C20H30N2O.C2HF3O/c1-3-10-22(2)18-12-14-11-17-15-6-4-5-7-20(15,8-9-21-17)16(14)13-19(18)23;3-2(4,5)1-6/h12-13,15,17,21,23H,3-11H2,1-2H3;1H/t15-,17+,20+;/m1./s1. The molecule has 2 bridgehead atoms. The lowest BCUT2D eigenvalue weighted by Crippen LogP contribution is -2.59. The van der Waals surface area contributed by atoms with E-state index in [0.717, 1.165) is 37.5 Å². The van der Waals surface area contributed by atoms with Gasteiger partial charge in [-0.2, -0.15) is 13.2 Å². The summed E-state index contributed by atoms with van der Waals surface area (Å²) in [6.07, 6.45) is 3.17. The molecule has 1 aliphatic heterocycles. The first-order valence-electron chi connectivity index (χ1n) is 10.6. The van der Waals surface area contributed by atoms with Gasteiger partial charge in [0, 0.05) is 25.0 Å². The fourth-order valence-corrected chi connectivity index (χ4v) is 5.72. The first kappa shape index (κ1) is 21.9. The molecule has 1 aromatic rings. The number of benzene rings is 1. The predicted molar refractivity (Wildman–Crippen MR) is 108 cm³/mol. The van der Waals surface area contributed by atoms with Crippen LogP contribution >= 0.6 is 0 Å². The van der Waals surface area contributed by atoms with Crippen molar-refractivity contribution < 1.29 is 23.1 Å². The Hall–Kier alpha value is -1.76. The van der Waals surface area contributed by atoms with Crippen molar-refractivity contribution in [3.05, 3.63) is 23.3 Å². The number of aldehydes is 1. The predicted octanol–water partition coefficient (Wildman–Crippen LogP) is 4.33. The normalized spacial score (nSPS) is 27.8. The Morgan fingerprint density at radius 1 is 1.31 bits per heavy atom. The van der Waals surface area contributed by atoms with Crippen molar-refractivity contribution in [2.75, 3.05) is 25.0 Å². The van der Waals surface area contributed by atoms with Gasteiger partial charge in [0.1, 0.15) is 5.75 Å². The van der Waals surface area contributed by atoms with Crippen LogP contribution < -0.4 is 10.2 Å². The lowest BCUT2D eigenvalue weighted by molar-refractivity contribution is -0.156. The average molecular weight is 412 g/mol. The van der Waals surface area contributed by atoms with Crippen LogP contribution in [0.2, 0.25) is 0 Å². The molecule has 0 spiro atoms. The zero-order valence-corrected chi connectivity index (χ0v) is 17.2. The van der Waals surface area contributed by atoms with Crippen molar-refractivity contribution in [1.82, 2.24) is 5.32 Å². The number of nitrogens with one attached hydrogen (secondary N) is 1. The smallest absolute Gasteiger partial charge is 0.446 e. The van der Waals surface area contributed by atoms with Gasteiger partial charge in [0.2, 0.25) is 6.29 Å². The number of hydrogen-bond donors (Lipinski definition) is 2. The average Bonchev–Trinajstić information content (AvgIpc) is 2.68. The number of phenols is 1. The van der Waals surface area contributed by atoms with Crippen LogP contribution in [0.15, 0.2) is 12.1 Å². The van der Waals surface area contributed by atoms with Crippen molar-refractivity contribution in [2.24, 2.45) is 5.92 Å². The van der Waals surface area contributed by atoms with Gasteiger partial charge in [-0.1, -0.05) is 19.8 Å². The van der Waals surface area contributed by atoms with Crippen LogP contribution in [-0.2, 0) is 16.6 Å². The summed E-state index contributed by atoms with van der Waals surface area (Å²) in [5.41, 5.74) is 4.30. The van der Waals surface area contributed by atoms with Gasteiger partial charge in [-0.25, -0.2) is 0 Å². The summed E-state index contributed by atoms with van der Waals surface area (Å²) in [7, 11) is 2.09. The molecule has 0 amide bonds. The van der Waals surface area contributed by atoms with Gasteiger partial charge in [0.25, 0.3) is 0 Å². The molecule has 1 aromatic carbocycles. The second kappa shape index (κ2) is 8.54. The monoisotopic (exact) mass is 412 g/mol. The molecule has 4 nitrogen and oxygen atoms in total. The van der Waals surface area contributed by atoms with E-state index in [1.807, 2.05) is 0 Å². The van der Waals surface area contributed by atoms with E-state index in [1.54, 1.807) is 0 Å². The summed E-state index contributed by atoms with van der Waals surface area (Å²) < 4.78 is 31.2. The lowest BCUT2D eigenvalue weighted by atomic mass is 9.53. The van der Waals surface area contributed by atoms with E-state index in [-0.39, 0.29) is 0 Å². The molecule has 7 heteroatoms. The largest absolute Gasteiger partial charge is 0.506 e. The molecule has 3 atom stereocenters. The van der Waals surface area contributed by atoms with Crippen molar-refractivity contribution in [3.8, 4) is 5.75 Å².